The topological polar surface area (TPSA) is 135 Å². The second-order valence-electron chi connectivity index (χ2n) is 13.1. The van der Waals surface area contributed by atoms with Crippen molar-refractivity contribution < 1.29 is 43.5 Å². The maximum atomic E-state index is 12.7. The van der Waals surface area contributed by atoms with Crippen LogP contribution in [0.3, 0.4) is 0 Å². The number of carbonyl (C=O) groups excluding carboxylic acids is 3. The van der Waals surface area contributed by atoms with Crippen LogP contribution in [0.1, 0.15) is 80.6 Å². The summed E-state index contributed by atoms with van der Waals surface area (Å²) >= 11 is 0. The second-order valence-corrected chi connectivity index (χ2v) is 13.1. The van der Waals surface area contributed by atoms with Gasteiger partial charge in [0.25, 0.3) is 0 Å². The molecule has 2 N–H and O–H groups in total. The first kappa shape index (κ1) is 37.7. The fourth-order valence-corrected chi connectivity index (χ4v) is 5.61. The number of allylic oxidation sites excluding steroid dienone is 3. The number of aliphatic hydroxyl groups is 2. The van der Waals surface area contributed by atoms with Gasteiger partial charge in [0.05, 0.1) is 31.3 Å². The summed E-state index contributed by atoms with van der Waals surface area (Å²) in [6.45, 7) is 13.0. The van der Waals surface area contributed by atoms with E-state index in [1.165, 1.54) is 6.92 Å². The van der Waals surface area contributed by atoms with E-state index in [4.69, 9.17) is 18.9 Å². The molecule has 0 radical (unpaired) electrons. The minimum absolute atomic E-state index is 0.0513. The van der Waals surface area contributed by atoms with Gasteiger partial charge >= 0.3 is 17.9 Å². The number of rotatable bonds is 12. The summed E-state index contributed by atoms with van der Waals surface area (Å²) in [6.07, 6.45) is 8.43. The van der Waals surface area contributed by atoms with Crippen molar-refractivity contribution in [3.05, 3.63) is 36.0 Å². The lowest BCUT2D eigenvalue weighted by atomic mass is 9.88. The average Bonchev–Trinajstić information content (AvgIpc) is 3.68. The highest BCUT2D eigenvalue weighted by molar-refractivity contribution is 5.72. The SMILES string of the molecule is CCC(OC(=O)CN(C)C)C(C)C1OC1CC(C)/C=C/C=C(\C)C1OC(=O)CC(O)CCC(C)(O)C(OC(C)=O)/C=C\C1C. The highest BCUT2D eigenvalue weighted by atomic mass is 16.6. The zero-order valence-electron chi connectivity index (χ0n) is 28.0. The van der Waals surface area contributed by atoms with Crippen LogP contribution in [0.5, 0.6) is 0 Å². The molecule has 0 aliphatic carbocycles. The molecule has 44 heavy (non-hydrogen) atoms. The molecule has 2 rings (SSSR count). The van der Waals surface area contributed by atoms with E-state index >= 15 is 0 Å². The Kier molecular flexibility index (Phi) is 14.8. The molecular formula is C34H55NO9. The van der Waals surface area contributed by atoms with Crippen molar-refractivity contribution in [2.45, 2.75) is 123 Å². The first-order valence-corrected chi connectivity index (χ1v) is 15.8. The molecule has 10 atom stereocenters. The first-order chi connectivity index (χ1) is 20.5. The molecule has 1 saturated heterocycles. The molecule has 0 bridgehead atoms. The van der Waals surface area contributed by atoms with Gasteiger partial charge in [0.15, 0.2) is 0 Å². The van der Waals surface area contributed by atoms with Gasteiger partial charge in [-0.25, -0.2) is 0 Å². The number of ether oxygens (including phenoxy) is 4. The molecule has 2 aliphatic heterocycles. The molecule has 0 aromatic rings. The Morgan fingerprint density at radius 3 is 2.52 bits per heavy atom. The lowest BCUT2D eigenvalue weighted by molar-refractivity contribution is -0.157. The molecule has 2 aliphatic rings. The highest BCUT2D eigenvalue weighted by Gasteiger charge is 2.46. The Hall–Kier alpha value is -2.53. The Morgan fingerprint density at radius 1 is 1.23 bits per heavy atom. The maximum Gasteiger partial charge on any atom is 0.320 e. The van der Waals surface area contributed by atoms with Crippen molar-refractivity contribution in [1.29, 1.82) is 0 Å². The van der Waals surface area contributed by atoms with E-state index < -0.39 is 35.9 Å². The summed E-state index contributed by atoms with van der Waals surface area (Å²) in [5, 5.41) is 21.4. The van der Waals surface area contributed by atoms with Crippen LogP contribution in [-0.2, 0) is 33.3 Å². The van der Waals surface area contributed by atoms with Crippen molar-refractivity contribution in [1.82, 2.24) is 4.90 Å². The number of cyclic esters (lactones) is 1. The van der Waals surface area contributed by atoms with Gasteiger partial charge in [-0.1, -0.05) is 52.0 Å². The minimum atomic E-state index is -1.42. The molecule has 0 aromatic carbocycles. The fraction of sp³-hybridized carbons (Fsp3) is 0.735. The number of epoxide rings is 1. The van der Waals surface area contributed by atoms with E-state index in [1.54, 1.807) is 24.0 Å². The third kappa shape index (κ3) is 12.5. The summed E-state index contributed by atoms with van der Waals surface area (Å²) in [6, 6.07) is 0. The molecular weight excluding hydrogens is 566 g/mol. The molecule has 0 spiro atoms. The third-order valence-electron chi connectivity index (χ3n) is 8.33. The van der Waals surface area contributed by atoms with Crippen LogP contribution in [0.15, 0.2) is 36.0 Å². The Bertz CT molecular complexity index is 1050. The minimum Gasteiger partial charge on any atom is -0.461 e. The van der Waals surface area contributed by atoms with Crippen LogP contribution in [0.4, 0.5) is 0 Å². The van der Waals surface area contributed by atoms with E-state index in [-0.39, 0.29) is 67.8 Å². The predicted molar refractivity (Wildman–Crippen MR) is 167 cm³/mol. The van der Waals surface area contributed by atoms with Crippen molar-refractivity contribution in [2.24, 2.45) is 17.8 Å². The number of carbonyl (C=O) groups is 3. The van der Waals surface area contributed by atoms with Crippen LogP contribution < -0.4 is 0 Å². The zero-order chi connectivity index (χ0) is 33.2. The summed E-state index contributed by atoms with van der Waals surface area (Å²) in [5.74, 6) is -1.25. The van der Waals surface area contributed by atoms with Gasteiger partial charge in [0, 0.05) is 18.8 Å². The lowest BCUT2D eigenvalue weighted by Gasteiger charge is -2.32. The number of hydrogen-bond donors (Lipinski definition) is 2. The molecule has 0 saturated carbocycles. The quantitative estimate of drug-likeness (QED) is 0.108. The highest BCUT2D eigenvalue weighted by Crippen LogP contribution is 2.37. The van der Waals surface area contributed by atoms with Crippen LogP contribution in [0, 0.1) is 17.8 Å². The molecule has 1 fully saturated rings. The molecule has 10 unspecified atom stereocenters. The fourth-order valence-electron chi connectivity index (χ4n) is 5.61. The smallest absolute Gasteiger partial charge is 0.320 e. The van der Waals surface area contributed by atoms with Gasteiger partial charge in [-0.05, 0) is 71.2 Å². The van der Waals surface area contributed by atoms with E-state index in [9.17, 15) is 24.6 Å². The summed E-state index contributed by atoms with van der Waals surface area (Å²) in [7, 11) is 3.67. The Labute approximate surface area is 263 Å². The standard InChI is InChI=1S/C34H55NO9/c1-10-27(42-31(39)20-35(8)9)24(5)33-28(43-33)18-21(2)12-11-13-22(3)32-23(4)14-15-29(41-25(6)36)34(7,40)17-16-26(37)19-30(38)44-32/h11-15,21,23-24,26-29,32-33,37,40H,10,16-20H2,1-9H3/b12-11+,15-14-,22-13+. The largest absolute Gasteiger partial charge is 0.461 e. The van der Waals surface area contributed by atoms with E-state index in [0.717, 1.165) is 18.4 Å². The van der Waals surface area contributed by atoms with Gasteiger partial charge in [-0.15, -0.1) is 0 Å². The Balaban J connectivity index is 2.06. The second kappa shape index (κ2) is 17.2. The average molecular weight is 622 g/mol. The van der Waals surface area contributed by atoms with Crippen LogP contribution in [0.25, 0.3) is 0 Å². The molecule has 2 heterocycles. The molecule has 10 heteroatoms. The van der Waals surface area contributed by atoms with Crippen LogP contribution >= 0.6 is 0 Å². The molecule has 10 nitrogen and oxygen atoms in total. The van der Waals surface area contributed by atoms with Gasteiger partial charge < -0.3 is 29.2 Å². The van der Waals surface area contributed by atoms with E-state index in [0.29, 0.717) is 0 Å². The van der Waals surface area contributed by atoms with Crippen molar-refractivity contribution in [3.63, 3.8) is 0 Å². The number of esters is 3. The number of likely N-dealkylation sites (N-methyl/N-ethyl adjacent to an activating group) is 1. The van der Waals surface area contributed by atoms with Gasteiger partial charge in [0.1, 0.15) is 23.9 Å². The van der Waals surface area contributed by atoms with Crippen LogP contribution in [-0.4, -0.2) is 95.9 Å². The van der Waals surface area contributed by atoms with Crippen molar-refractivity contribution in [3.8, 4) is 0 Å². The van der Waals surface area contributed by atoms with Gasteiger partial charge in [-0.2, -0.15) is 0 Å². The molecule has 0 amide bonds. The number of hydrogen-bond acceptors (Lipinski definition) is 10. The first-order valence-electron chi connectivity index (χ1n) is 15.8. The van der Waals surface area contributed by atoms with E-state index in [2.05, 4.69) is 19.9 Å². The maximum absolute atomic E-state index is 12.7. The zero-order valence-corrected chi connectivity index (χ0v) is 28.0. The normalized spacial score (nSPS) is 33.0. The predicted octanol–water partition coefficient (Wildman–Crippen LogP) is 4.13. The van der Waals surface area contributed by atoms with Crippen LogP contribution in [0.2, 0.25) is 0 Å². The third-order valence-corrected chi connectivity index (χ3v) is 8.33. The summed E-state index contributed by atoms with van der Waals surface area (Å²) < 4.78 is 22.9. The van der Waals surface area contributed by atoms with Crippen molar-refractivity contribution in [2.75, 3.05) is 20.6 Å². The summed E-state index contributed by atoms with van der Waals surface area (Å²) in [4.78, 5) is 38.3. The number of nitrogens with zero attached hydrogens (tertiary/aromatic N) is 1. The lowest BCUT2D eigenvalue weighted by Crippen LogP contribution is -2.42. The van der Waals surface area contributed by atoms with Crippen molar-refractivity contribution >= 4 is 17.9 Å². The number of aliphatic hydroxyl groups excluding tert-OH is 1. The monoisotopic (exact) mass is 621 g/mol. The Morgan fingerprint density at radius 2 is 1.91 bits per heavy atom. The summed E-state index contributed by atoms with van der Waals surface area (Å²) in [5.41, 5.74) is -0.609. The molecule has 0 aromatic heterocycles. The van der Waals surface area contributed by atoms with E-state index in [1.807, 2.05) is 47.0 Å². The van der Waals surface area contributed by atoms with Gasteiger partial charge in [0.2, 0.25) is 0 Å². The molecule has 250 valence electrons. The van der Waals surface area contributed by atoms with Gasteiger partial charge in [-0.3, -0.25) is 19.3 Å².